The third-order valence-corrected chi connectivity index (χ3v) is 2.34. The Bertz CT molecular complexity index is 247. The molecule has 1 aliphatic heterocycles. The van der Waals surface area contributed by atoms with Crippen molar-refractivity contribution in [1.82, 2.24) is 15.3 Å². The molecule has 0 bridgehead atoms. The highest BCUT2D eigenvalue weighted by molar-refractivity contribution is 5.30. The van der Waals surface area contributed by atoms with E-state index in [1.165, 1.54) is 0 Å². The number of anilines is 1. The summed E-state index contributed by atoms with van der Waals surface area (Å²) in [5.74, 6) is 0.986. The van der Waals surface area contributed by atoms with E-state index in [0.29, 0.717) is 12.1 Å². The molecule has 1 saturated heterocycles. The molecule has 0 spiro atoms. The molecule has 1 aromatic rings. The minimum atomic E-state index is 0.536. The van der Waals surface area contributed by atoms with Crippen LogP contribution in [0.2, 0.25) is 0 Å². The summed E-state index contributed by atoms with van der Waals surface area (Å²) in [5, 5.41) is 3.49. The summed E-state index contributed by atoms with van der Waals surface area (Å²) in [6.07, 6.45) is 3.67. The van der Waals surface area contributed by atoms with Crippen LogP contribution in [0.4, 0.5) is 5.95 Å². The number of aromatic amines is 1. The van der Waals surface area contributed by atoms with Crippen LogP contribution in [0.3, 0.4) is 0 Å². The van der Waals surface area contributed by atoms with Crippen molar-refractivity contribution < 1.29 is 0 Å². The Labute approximate surface area is 78.4 Å². The highest BCUT2D eigenvalue weighted by atomic mass is 15.3. The summed E-state index contributed by atoms with van der Waals surface area (Å²) < 4.78 is 0. The van der Waals surface area contributed by atoms with Gasteiger partial charge in [-0.05, 0) is 13.8 Å². The molecule has 1 fully saturated rings. The maximum Gasteiger partial charge on any atom is 0.202 e. The fourth-order valence-corrected chi connectivity index (χ4v) is 1.93. The highest BCUT2D eigenvalue weighted by Gasteiger charge is 2.21. The van der Waals surface area contributed by atoms with Gasteiger partial charge >= 0.3 is 0 Å². The fourth-order valence-electron chi connectivity index (χ4n) is 1.93. The maximum atomic E-state index is 4.25. The lowest BCUT2D eigenvalue weighted by Gasteiger charge is -2.35. The first-order valence-corrected chi connectivity index (χ1v) is 4.76. The van der Waals surface area contributed by atoms with Crippen molar-refractivity contribution >= 4 is 5.95 Å². The number of aromatic nitrogens is 2. The molecule has 13 heavy (non-hydrogen) atoms. The van der Waals surface area contributed by atoms with Crippen molar-refractivity contribution in [2.45, 2.75) is 25.9 Å². The first kappa shape index (κ1) is 8.56. The molecule has 0 radical (unpaired) electrons. The molecule has 0 aromatic carbocycles. The van der Waals surface area contributed by atoms with Gasteiger partial charge in [-0.2, -0.15) is 0 Å². The highest BCUT2D eigenvalue weighted by Crippen LogP contribution is 2.11. The largest absolute Gasteiger partial charge is 0.339 e. The summed E-state index contributed by atoms with van der Waals surface area (Å²) in [5.41, 5.74) is 0. The number of imidazole rings is 1. The Morgan fingerprint density at radius 1 is 1.38 bits per heavy atom. The van der Waals surface area contributed by atoms with Gasteiger partial charge in [0.15, 0.2) is 0 Å². The van der Waals surface area contributed by atoms with Gasteiger partial charge in [0, 0.05) is 37.6 Å². The van der Waals surface area contributed by atoms with Gasteiger partial charge in [-0.3, -0.25) is 0 Å². The second-order valence-electron chi connectivity index (χ2n) is 3.79. The lowest BCUT2D eigenvalue weighted by molar-refractivity contribution is 0.404. The molecular weight excluding hydrogens is 164 g/mol. The molecule has 4 nitrogen and oxygen atoms in total. The normalized spacial score (nSPS) is 29.2. The minimum absolute atomic E-state index is 0.536. The quantitative estimate of drug-likeness (QED) is 0.665. The van der Waals surface area contributed by atoms with Gasteiger partial charge in [-0.1, -0.05) is 0 Å². The molecule has 0 aliphatic carbocycles. The third-order valence-electron chi connectivity index (χ3n) is 2.34. The van der Waals surface area contributed by atoms with Gasteiger partial charge in [0.1, 0.15) is 0 Å². The number of H-pyrrole nitrogens is 1. The van der Waals surface area contributed by atoms with Gasteiger partial charge < -0.3 is 15.2 Å². The van der Waals surface area contributed by atoms with E-state index in [1.54, 1.807) is 6.20 Å². The molecule has 0 saturated carbocycles. The lowest BCUT2D eigenvalue weighted by Crippen LogP contribution is -2.54. The van der Waals surface area contributed by atoms with Crippen LogP contribution in [-0.2, 0) is 0 Å². The Morgan fingerprint density at radius 2 is 2.08 bits per heavy atom. The lowest BCUT2D eigenvalue weighted by atomic mass is 10.1. The average molecular weight is 180 g/mol. The zero-order chi connectivity index (χ0) is 9.26. The molecule has 2 unspecified atom stereocenters. The van der Waals surface area contributed by atoms with E-state index < -0.39 is 0 Å². The molecule has 72 valence electrons. The maximum absolute atomic E-state index is 4.25. The molecule has 2 N–H and O–H groups in total. The van der Waals surface area contributed by atoms with Gasteiger partial charge in [0.05, 0.1) is 0 Å². The van der Waals surface area contributed by atoms with E-state index in [4.69, 9.17) is 0 Å². The fraction of sp³-hybridized carbons (Fsp3) is 0.667. The second kappa shape index (κ2) is 3.38. The van der Waals surface area contributed by atoms with Gasteiger partial charge in [-0.15, -0.1) is 0 Å². The first-order valence-electron chi connectivity index (χ1n) is 4.76. The Balaban J connectivity index is 2.07. The van der Waals surface area contributed by atoms with E-state index in [0.717, 1.165) is 19.0 Å². The van der Waals surface area contributed by atoms with Crippen LogP contribution < -0.4 is 10.2 Å². The van der Waals surface area contributed by atoms with Gasteiger partial charge in [-0.25, -0.2) is 4.98 Å². The third kappa shape index (κ3) is 1.83. The second-order valence-corrected chi connectivity index (χ2v) is 3.79. The van der Waals surface area contributed by atoms with Crippen LogP contribution >= 0.6 is 0 Å². The first-order chi connectivity index (χ1) is 6.25. The molecular formula is C9H16N4. The van der Waals surface area contributed by atoms with E-state index in [1.807, 2.05) is 6.20 Å². The van der Waals surface area contributed by atoms with E-state index in [2.05, 4.69) is 34.0 Å². The number of nitrogens with one attached hydrogen (secondary N) is 2. The van der Waals surface area contributed by atoms with Crippen LogP contribution in [0.5, 0.6) is 0 Å². The average Bonchev–Trinajstić information content (AvgIpc) is 2.53. The number of hydrogen-bond donors (Lipinski definition) is 2. The molecule has 2 rings (SSSR count). The Hall–Kier alpha value is -1.03. The summed E-state index contributed by atoms with van der Waals surface area (Å²) in [6, 6.07) is 1.07. The predicted octanol–water partition coefficient (Wildman–Crippen LogP) is 0.596. The monoisotopic (exact) mass is 180 g/mol. The van der Waals surface area contributed by atoms with Crippen molar-refractivity contribution in [2.24, 2.45) is 0 Å². The van der Waals surface area contributed by atoms with Crippen molar-refractivity contribution in [3.8, 4) is 0 Å². The summed E-state index contributed by atoms with van der Waals surface area (Å²) in [4.78, 5) is 9.67. The van der Waals surface area contributed by atoms with Crippen molar-refractivity contribution in [1.29, 1.82) is 0 Å². The number of piperazine rings is 1. The van der Waals surface area contributed by atoms with Crippen molar-refractivity contribution in [3.63, 3.8) is 0 Å². The number of rotatable bonds is 1. The van der Waals surface area contributed by atoms with Crippen molar-refractivity contribution in [2.75, 3.05) is 18.0 Å². The minimum Gasteiger partial charge on any atom is -0.339 e. The van der Waals surface area contributed by atoms with Crippen LogP contribution in [0.1, 0.15) is 13.8 Å². The standard InChI is InChI=1S/C9H16N4/c1-7-5-13(6-8(2)12-7)9-10-3-4-11-9/h3-4,7-8,12H,5-6H2,1-2H3,(H,10,11). The Kier molecular flexibility index (Phi) is 2.22. The van der Waals surface area contributed by atoms with Crippen molar-refractivity contribution in [3.05, 3.63) is 12.4 Å². The molecule has 1 aromatic heterocycles. The zero-order valence-corrected chi connectivity index (χ0v) is 8.12. The van der Waals surface area contributed by atoms with Crippen LogP contribution in [0.25, 0.3) is 0 Å². The SMILES string of the molecule is CC1CN(c2ncc[nH]2)CC(C)N1. The van der Waals surface area contributed by atoms with E-state index in [9.17, 15) is 0 Å². The number of nitrogens with zero attached hydrogens (tertiary/aromatic N) is 2. The molecule has 2 atom stereocenters. The van der Waals surface area contributed by atoms with E-state index in [-0.39, 0.29) is 0 Å². The number of hydrogen-bond acceptors (Lipinski definition) is 3. The Morgan fingerprint density at radius 3 is 2.62 bits per heavy atom. The van der Waals surface area contributed by atoms with Crippen LogP contribution in [0.15, 0.2) is 12.4 Å². The topological polar surface area (TPSA) is 44.0 Å². The van der Waals surface area contributed by atoms with Crippen LogP contribution in [0, 0.1) is 0 Å². The summed E-state index contributed by atoms with van der Waals surface area (Å²) in [7, 11) is 0. The predicted molar refractivity (Wildman–Crippen MR) is 52.9 cm³/mol. The molecule has 0 amide bonds. The smallest absolute Gasteiger partial charge is 0.202 e. The van der Waals surface area contributed by atoms with Crippen LogP contribution in [-0.4, -0.2) is 35.1 Å². The zero-order valence-electron chi connectivity index (χ0n) is 8.12. The van der Waals surface area contributed by atoms with E-state index >= 15 is 0 Å². The molecule has 4 heteroatoms. The molecule has 2 heterocycles. The van der Waals surface area contributed by atoms with Gasteiger partial charge in [0.25, 0.3) is 0 Å². The summed E-state index contributed by atoms with van der Waals surface area (Å²) >= 11 is 0. The summed E-state index contributed by atoms with van der Waals surface area (Å²) in [6.45, 7) is 6.45. The molecule has 1 aliphatic rings. The van der Waals surface area contributed by atoms with Gasteiger partial charge in [0.2, 0.25) is 5.95 Å².